The zero-order chi connectivity index (χ0) is 53.6. The van der Waals surface area contributed by atoms with Gasteiger partial charge in [-0.15, -0.1) is 0 Å². The fourth-order valence-corrected chi connectivity index (χ4v) is 9.92. The van der Waals surface area contributed by atoms with Gasteiger partial charge in [-0.1, -0.05) is 207 Å². The third kappa shape index (κ3) is 47.0. The molecule has 0 atom stereocenters. The van der Waals surface area contributed by atoms with Crippen LogP contribution in [0.25, 0.3) is 0 Å². The summed E-state index contributed by atoms with van der Waals surface area (Å²) in [5.41, 5.74) is 0. The minimum Gasteiger partial charge on any atom is -0.466 e. The molecule has 0 saturated carbocycles. The number of ether oxygens (including phenoxy) is 4. The molecule has 0 aromatic heterocycles. The van der Waals surface area contributed by atoms with Crippen molar-refractivity contribution in [1.82, 2.24) is 19.6 Å². The van der Waals surface area contributed by atoms with E-state index in [4.69, 9.17) is 18.9 Å². The molecule has 1 heterocycles. The Labute approximate surface area is 456 Å². The Morgan fingerprint density at radius 3 is 0.703 bits per heavy atom. The number of nitrogens with zero attached hydrogens (tertiary/aromatic N) is 4. The van der Waals surface area contributed by atoms with Crippen molar-refractivity contribution < 1.29 is 38.1 Å². The average molecular weight is 1050 g/mol. The van der Waals surface area contributed by atoms with Gasteiger partial charge in [-0.25, -0.2) is 0 Å². The molecule has 436 valence electrons. The lowest BCUT2D eigenvalue weighted by molar-refractivity contribution is -0.146. The fraction of sp³-hybridized carbons (Fsp3) is 0.935. The van der Waals surface area contributed by atoms with Gasteiger partial charge in [0.15, 0.2) is 0 Å². The molecule has 0 aromatic rings. The van der Waals surface area contributed by atoms with Crippen LogP contribution in [0, 0.1) is 0 Å². The standard InChI is InChI=1S/C62H120N4O8/c1-5-9-13-17-21-25-29-33-55-71-59(67)39-47-63(48-40-60(68)72-56-34-30-26-22-18-14-10-6-2)43-37-45-65-51-53-66(54-52-65)46-38-44-64(49-41-61(69)73-57-35-31-27-23-19-15-11-7-3)50-42-62(70)74-58-36-32-28-24-20-16-12-8-4/h5-58H2,1-4H3. The molecule has 1 aliphatic heterocycles. The number of piperazine rings is 1. The zero-order valence-electron chi connectivity index (χ0n) is 49.2. The Bertz CT molecular complexity index is 1100. The molecule has 1 fully saturated rings. The van der Waals surface area contributed by atoms with Gasteiger partial charge < -0.3 is 38.5 Å². The molecule has 0 unspecified atom stereocenters. The molecule has 1 rings (SSSR count). The molecule has 0 amide bonds. The number of hydrogen-bond acceptors (Lipinski definition) is 12. The van der Waals surface area contributed by atoms with E-state index in [1.54, 1.807) is 0 Å². The first-order chi connectivity index (χ1) is 36.3. The Hall–Kier alpha value is -2.28. The van der Waals surface area contributed by atoms with Crippen LogP contribution in [-0.4, -0.2) is 148 Å². The van der Waals surface area contributed by atoms with Gasteiger partial charge in [-0.05, 0) is 64.7 Å². The number of hydrogen-bond donors (Lipinski definition) is 0. The van der Waals surface area contributed by atoms with E-state index in [0.717, 1.165) is 117 Å². The Morgan fingerprint density at radius 2 is 0.486 bits per heavy atom. The van der Waals surface area contributed by atoms with Crippen molar-refractivity contribution in [3.05, 3.63) is 0 Å². The van der Waals surface area contributed by atoms with Crippen LogP contribution in [0.15, 0.2) is 0 Å². The second-order valence-electron chi connectivity index (χ2n) is 21.9. The summed E-state index contributed by atoms with van der Waals surface area (Å²) in [6.45, 7) is 21.0. The maximum Gasteiger partial charge on any atom is 0.307 e. The van der Waals surface area contributed by atoms with Gasteiger partial charge in [-0.3, -0.25) is 19.2 Å². The molecule has 1 saturated heterocycles. The number of rotatable bonds is 56. The van der Waals surface area contributed by atoms with Crippen LogP contribution < -0.4 is 0 Å². The van der Waals surface area contributed by atoms with Crippen molar-refractivity contribution in [1.29, 1.82) is 0 Å². The highest BCUT2D eigenvalue weighted by Crippen LogP contribution is 2.14. The van der Waals surface area contributed by atoms with Crippen LogP contribution in [0.1, 0.15) is 272 Å². The molecule has 74 heavy (non-hydrogen) atoms. The van der Waals surface area contributed by atoms with E-state index < -0.39 is 0 Å². The molecule has 0 aromatic carbocycles. The van der Waals surface area contributed by atoms with E-state index in [1.165, 1.54) is 154 Å². The summed E-state index contributed by atoms with van der Waals surface area (Å²) in [6, 6.07) is 0. The number of carbonyl (C=O) groups excluding carboxylic acids is 4. The van der Waals surface area contributed by atoms with E-state index >= 15 is 0 Å². The maximum atomic E-state index is 12.8. The highest BCUT2D eigenvalue weighted by molar-refractivity contribution is 5.71. The molecular weight excluding hydrogens is 929 g/mol. The van der Waals surface area contributed by atoms with Crippen LogP contribution in [0.4, 0.5) is 0 Å². The number of esters is 4. The normalized spacial score (nSPS) is 13.3. The monoisotopic (exact) mass is 1050 g/mol. The van der Waals surface area contributed by atoms with Crippen LogP contribution in [0.2, 0.25) is 0 Å². The summed E-state index contributed by atoms with van der Waals surface area (Å²) in [7, 11) is 0. The SMILES string of the molecule is CCCCCCCCCCOC(=O)CCN(CCCN1CCN(CCCN(CCC(=O)OCCCCCCCCCC)CCC(=O)OCCCCCCCCCC)CC1)CCC(=O)OCCCCCCCCCC. The van der Waals surface area contributed by atoms with Crippen LogP contribution in [0.3, 0.4) is 0 Å². The van der Waals surface area contributed by atoms with Crippen LogP contribution in [-0.2, 0) is 38.1 Å². The maximum absolute atomic E-state index is 12.8. The summed E-state index contributed by atoms with van der Waals surface area (Å²) >= 11 is 0. The van der Waals surface area contributed by atoms with Crippen molar-refractivity contribution in [2.45, 2.75) is 272 Å². The number of unbranched alkanes of at least 4 members (excludes halogenated alkanes) is 28. The first-order valence-corrected chi connectivity index (χ1v) is 31.8. The van der Waals surface area contributed by atoms with Gasteiger partial charge in [0.1, 0.15) is 0 Å². The molecule has 12 nitrogen and oxygen atoms in total. The smallest absolute Gasteiger partial charge is 0.307 e. The summed E-state index contributed by atoms with van der Waals surface area (Å²) in [6.07, 6.45) is 42.1. The van der Waals surface area contributed by atoms with E-state index in [0.29, 0.717) is 78.3 Å². The van der Waals surface area contributed by atoms with Gasteiger partial charge in [0.25, 0.3) is 0 Å². The van der Waals surface area contributed by atoms with Crippen molar-refractivity contribution in [3.63, 3.8) is 0 Å². The summed E-state index contributed by atoms with van der Waals surface area (Å²) < 4.78 is 22.5. The van der Waals surface area contributed by atoms with Gasteiger partial charge in [0.05, 0.1) is 52.1 Å². The topological polar surface area (TPSA) is 118 Å². The Balaban J connectivity index is 2.56. The zero-order valence-corrected chi connectivity index (χ0v) is 49.2. The second-order valence-corrected chi connectivity index (χ2v) is 21.9. The summed E-state index contributed by atoms with van der Waals surface area (Å²) in [4.78, 5) is 60.6. The predicted molar refractivity (Wildman–Crippen MR) is 308 cm³/mol. The summed E-state index contributed by atoms with van der Waals surface area (Å²) in [5, 5.41) is 0. The lowest BCUT2D eigenvalue weighted by Crippen LogP contribution is -2.47. The second kappa shape index (κ2) is 54.1. The molecule has 0 spiro atoms. The highest BCUT2D eigenvalue weighted by atomic mass is 16.5. The van der Waals surface area contributed by atoms with Crippen LogP contribution >= 0.6 is 0 Å². The van der Waals surface area contributed by atoms with Crippen molar-refractivity contribution >= 4 is 23.9 Å². The Morgan fingerprint density at radius 1 is 0.284 bits per heavy atom. The molecule has 0 aliphatic carbocycles. The average Bonchev–Trinajstić information content (AvgIpc) is 3.40. The van der Waals surface area contributed by atoms with Gasteiger partial charge in [0, 0.05) is 52.4 Å². The molecule has 0 radical (unpaired) electrons. The first kappa shape index (κ1) is 69.7. The molecule has 12 heteroatoms. The van der Waals surface area contributed by atoms with E-state index in [1.807, 2.05) is 0 Å². The van der Waals surface area contributed by atoms with Crippen molar-refractivity contribution in [2.75, 3.05) is 105 Å². The van der Waals surface area contributed by atoms with Crippen LogP contribution in [0.5, 0.6) is 0 Å². The first-order valence-electron chi connectivity index (χ1n) is 31.8. The van der Waals surface area contributed by atoms with Crippen molar-refractivity contribution in [3.8, 4) is 0 Å². The lowest BCUT2D eigenvalue weighted by atomic mass is 10.1. The Kier molecular flexibility index (Phi) is 51.0. The third-order valence-electron chi connectivity index (χ3n) is 14.9. The number of carbonyl (C=O) groups is 4. The highest BCUT2D eigenvalue weighted by Gasteiger charge is 2.19. The van der Waals surface area contributed by atoms with Gasteiger partial charge >= 0.3 is 23.9 Å². The predicted octanol–water partition coefficient (Wildman–Crippen LogP) is 14.3. The lowest BCUT2D eigenvalue weighted by Gasteiger charge is -2.35. The van der Waals surface area contributed by atoms with Crippen molar-refractivity contribution in [2.24, 2.45) is 0 Å². The molecule has 0 bridgehead atoms. The fourth-order valence-electron chi connectivity index (χ4n) is 9.92. The minimum absolute atomic E-state index is 0.145. The molecule has 1 aliphatic rings. The summed E-state index contributed by atoms with van der Waals surface area (Å²) in [5.74, 6) is -0.581. The molecule has 0 N–H and O–H groups in total. The minimum atomic E-state index is -0.145. The quantitative estimate of drug-likeness (QED) is 0.0328. The van der Waals surface area contributed by atoms with E-state index in [-0.39, 0.29) is 23.9 Å². The largest absolute Gasteiger partial charge is 0.466 e. The molecular formula is C62H120N4O8. The van der Waals surface area contributed by atoms with E-state index in [2.05, 4.69) is 47.3 Å². The van der Waals surface area contributed by atoms with Gasteiger partial charge in [0.2, 0.25) is 0 Å². The third-order valence-corrected chi connectivity index (χ3v) is 14.9. The van der Waals surface area contributed by atoms with E-state index in [9.17, 15) is 19.2 Å². The van der Waals surface area contributed by atoms with Gasteiger partial charge in [-0.2, -0.15) is 0 Å².